The fourth-order valence-corrected chi connectivity index (χ4v) is 4.60. The van der Waals surface area contributed by atoms with Crippen LogP contribution in [-0.4, -0.2) is 27.1 Å². The summed E-state index contributed by atoms with van der Waals surface area (Å²) in [5.74, 6) is -0.184. The molecular formula is C23H28N2O3S. The van der Waals surface area contributed by atoms with Crippen molar-refractivity contribution in [3.05, 3.63) is 77.4 Å². The SMILES string of the molecule is C=CCN(c1ccc(C(=O)N[C@@H](C)c2ccc3c(c2)CCCC3)cc1)S(C)(=O)=O. The zero-order valence-corrected chi connectivity index (χ0v) is 17.8. The molecule has 5 nitrogen and oxygen atoms in total. The highest BCUT2D eigenvalue weighted by atomic mass is 32.2. The summed E-state index contributed by atoms with van der Waals surface area (Å²) in [7, 11) is -3.41. The van der Waals surface area contributed by atoms with Crippen molar-refractivity contribution in [3.8, 4) is 0 Å². The molecule has 0 bridgehead atoms. The average Bonchev–Trinajstić information content (AvgIpc) is 2.71. The van der Waals surface area contributed by atoms with E-state index in [-0.39, 0.29) is 18.5 Å². The second kappa shape index (κ2) is 8.82. The predicted octanol–water partition coefficient (Wildman–Crippen LogP) is 4.01. The Morgan fingerprint density at radius 3 is 2.41 bits per heavy atom. The topological polar surface area (TPSA) is 66.5 Å². The Labute approximate surface area is 173 Å². The first kappa shape index (κ1) is 21.1. The number of carbonyl (C=O) groups is 1. The summed E-state index contributed by atoms with van der Waals surface area (Å²) in [5, 5.41) is 3.04. The summed E-state index contributed by atoms with van der Waals surface area (Å²) in [6.45, 7) is 5.76. The number of fused-ring (bicyclic) bond motifs is 1. The van der Waals surface area contributed by atoms with Crippen molar-refractivity contribution in [2.45, 2.75) is 38.6 Å². The number of anilines is 1. The van der Waals surface area contributed by atoms with Crippen LogP contribution in [0.25, 0.3) is 0 Å². The first-order valence-corrected chi connectivity index (χ1v) is 11.8. The maximum atomic E-state index is 12.7. The summed E-state index contributed by atoms with van der Waals surface area (Å²) < 4.78 is 25.1. The number of amides is 1. The van der Waals surface area contributed by atoms with Gasteiger partial charge in [-0.2, -0.15) is 0 Å². The van der Waals surface area contributed by atoms with Crippen molar-refractivity contribution in [2.24, 2.45) is 0 Å². The van der Waals surface area contributed by atoms with Gasteiger partial charge in [0, 0.05) is 5.56 Å². The molecule has 0 aromatic heterocycles. The second-order valence-corrected chi connectivity index (χ2v) is 9.47. The van der Waals surface area contributed by atoms with Gasteiger partial charge in [0.05, 0.1) is 24.5 Å². The first-order chi connectivity index (χ1) is 13.8. The molecule has 0 saturated carbocycles. The van der Waals surface area contributed by atoms with Gasteiger partial charge in [0.15, 0.2) is 0 Å². The van der Waals surface area contributed by atoms with Gasteiger partial charge in [-0.05, 0) is 73.6 Å². The van der Waals surface area contributed by atoms with E-state index in [0.717, 1.165) is 24.7 Å². The van der Waals surface area contributed by atoms with Gasteiger partial charge < -0.3 is 5.32 Å². The second-order valence-electron chi connectivity index (χ2n) is 7.56. The van der Waals surface area contributed by atoms with E-state index >= 15 is 0 Å². The van der Waals surface area contributed by atoms with E-state index in [0.29, 0.717) is 11.3 Å². The van der Waals surface area contributed by atoms with E-state index in [4.69, 9.17) is 0 Å². The lowest BCUT2D eigenvalue weighted by Gasteiger charge is -2.21. The van der Waals surface area contributed by atoms with Crippen molar-refractivity contribution in [1.82, 2.24) is 5.32 Å². The molecule has 154 valence electrons. The van der Waals surface area contributed by atoms with Crippen LogP contribution >= 0.6 is 0 Å². The lowest BCUT2D eigenvalue weighted by molar-refractivity contribution is 0.0940. The molecule has 6 heteroatoms. The zero-order valence-electron chi connectivity index (χ0n) is 17.0. The van der Waals surface area contributed by atoms with Gasteiger partial charge in [-0.15, -0.1) is 6.58 Å². The third-order valence-corrected chi connectivity index (χ3v) is 6.49. The van der Waals surface area contributed by atoms with E-state index in [1.165, 1.54) is 34.3 Å². The van der Waals surface area contributed by atoms with Crippen LogP contribution in [0.15, 0.2) is 55.1 Å². The smallest absolute Gasteiger partial charge is 0.251 e. The van der Waals surface area contributed by atoms with Crippen LogP contribution in [0.3, 0.4) is 0 Å². The number of nitrogens with zero attached hydrogens (tertiary/aromatic N) is 1. The minimum Gasteiger partial charge on any atom is -0.346 e. The van der Waals surface area contributed by atoms with E-state index in [9.17, 15) is 13.2 Å². The van der Waals surface area contributed by atoms with E-state index < -0.39 is 10.0 Å². The number of carbonyl (C=O) groups excluding carboxylic acids is 1. The summed E-state index contributed by atoms with van der Waals surface area (Å²) in [6.07, 6.45) is 7.39. The summed E-state index contributed by atoms with van der Waals surface area (Å²) in [4.78, 5) is 12.7. The van der Waals surface area contributed by atoms with Crippen LogP contribution in [-0.2, 0) is 22.9 Å². The number of benzene rings is 2. The third-order valence-electron chi connectivity index (χ3n) is 5.33. The molecule has 2 aromatic carbocycles. The summed E-state index contributed by atoms with van der Waals surface area (Å²) in [5.41, 5.74) is 4.91. The molecule has 1 atom stereocenters. The van der Waals surface area contributed by atoms with Crippen molar-refractivity contribution in [1.29, 1.82) is 0 Å². The Kier molecular flexibility index (Phi) is 6.42. The number of nitrogens with one attached hydrogen (secondary N) is 1. The molecule has 1 amide bonds. The van der Waals surface area contributed by atoms with Gasteiger partial charge in [0.25, 0.3) is 5.91 Å². The fourth-order valence-electron chi connectivity index (χ4n) is 3.71. The molecule has 0 radical (unpaired) electrons. The highest BCUT2D eigenvalue weighted by Gasteiger charge is 2.18. The average molecular weight is 413 g/mol. The minimum absolute atomic E-state index is 0.109. The van der Waals surface area contributed by atoms with Crippen molar-refractivity contribution < 1.29 is 13.2 Å². The van der Waals surface area contributed by atoms with Gasteiger partial charge in [-0.3, -0.25) is 9.10 Å². The Balaban J connectivity index is 1.71. The molecule has 0 aliphatic heterocycles. The van der Waals surface area contributed by atoms with Crippen LogP contribution in [0.1, 0.15) is 52.9 Å². The molecule has 29 heavy (non-hydrogen) atoms. The largest absolute Gasteiger partial charge is 0.346 e. The normalized spacial score (nSPS) is 14.6. The number of rotatable bonds is 7. The Morgan fingerprint density at radius 2 is 1.79 bits per heavy atom. The van der Waals surface area contributed by atoms with E-state index in [1.807, 2.05) is 6.92 Å². The van der Waals surface area contributed by atoms with E-state index in [2.05, 4.69) is 30.1 Å². The van der Waals surface area contributed by atoms with E-state index in [1.54, 1.807) is 24.3 Å². The van der Waals surface area contributed by atoms with Crippen LogP contribution < -0.4 is 9.62 Å². The van der Waals surface area contributed by atoms with Crippen LogP contribution in [0.4, 0.5) is 5.69 Å². The van der Waals surface area contributed by atoms with Gasteiger partial charge >= 0.3 is 0 Å². The quantitative estimate of drug-likeness (QED) is 0.699. The maximum absolute atomic E-state index is 12.7. The third kappa shape index (κ3) is 5.07. The Morgan fingerprint density at radius 1 is 1.14 bits per heavy atom. The number of sulfonamides is 1. The highest BCUT2D eigenvalue weighted by Crippen LogP contribution is 2.25. The molecule has 1 N–H and O–H groups in total. The molecular weight excluding hydrogens is 384 g/mol. The number of aryl methyl sites for hydroxylation is 2. The van der Waals surface area contributed by atoms with Gasteiger partial charge in [0.1, 0.15) is 0 Å². The number of hydrogen-bond acceptors (Lipinski definition) is 3. The lowest BCUT2D eigenvalue weighted by Crippen LogP contribution is -2.30. The zero-order chi connectivity index (χ0) is 21.0. The molecule has 1 aliphatic rings. The molecule has 2 aromatic rings. The molecule has 3 rings (SSSR count). The van der Waals surface area contributed by atoms with Gasteiger partial charge in [-0.1, -0.05) is 24.3 Å². The molecule has 0 spiro atoms. The molecule has 1 aliphatic carbocycles. The van der Waals surface area contributed by atoms with Crippen molar-refractivity contribution >= 4 is 21.6 Å². The minimum atomic E-state index is -3.41. The van der Waals surface area contributed by atoms with Crippen molar-refractivity contribution in [2.75, 3.05) is 17.1 Å². The van der Waals surface area contributed by atoms with Crippen LogP contribution in [0, 0.1) is 0 Å². The first-order valence-electron chi connectivity index (χ1n) is 9.91. The molecule has 0 fully saturated rings. The molecule has 0 saturated heterocycles. The predicted molar refractivity (Wildman–Crippen MR) is 118 cm³/mol. The van der Waals surface area contributed by atoms with Crippen LogP contribution in [0.5, 0.6) is 0 Å². The Hall–Kier alpha value is -2.60. The maximum Gasteiger partial charge on any atom is 0.251 e. The number of hydrogen-bond donors (Lipinski definition) is 1. The standard InChI is InChI=1S/C23H28N2O3S/c1-4-15-25(29(3,27)28)22-13-11-19(12-14-22)23(26)24-17(2)20-10-9-18-7-5-6-8-21(18)16-20/h4,9-14,16-17H,1,5-8,15H2,2-3H3,(H,24,26)/t17-/m0/s1. The summed E-state index contributed by atoms with van der Waals surface area (Å²) in [6, 6.07) is 12.9. The van der Waals surface area contributed by atoms with Crippen LogP contribution in [0.2, 0.25) is 0 Å². The van der Waals surface area contributed by atoms with Gasteiger partial charge in [-0.25, -0.2) is 8.42 Å². The molecule has 0 unspecified atom stereocenters. The lowest BCUT2D eigenvalue weighted by atomic mass is 9.89. The van der Waals surface area contributed by atoms with Crippen molar-refractivity contribution in [3.63, 3.8) is 0 Å². The monoisotopic (exact) mass is 412 g/mol. The highest BCUT2D eigenvalue weighted by molar-refractivity contribution is 7.92. The van der Waals surface area contributed by atoms with Gasteiger partial charge in [0.2, 0.25) is 10.0 Å². The fraction of sp³-hybridized carbons (Fsp3) is 0.348. The Bertz CT molecular complexity index is 997. The molecule has 0 heterocycles. The summed E-state index contributed by atoms with van der Waals surface area (Å²) >= 11 is 0.